The quantitative estimate of drug-likeness (QED) is 0.631. The Morgan fingerprint density at radius 1 is 1.46 bits per heavy atom. The summed E-state index contributed by atoms with van der Waals surface area (Å²) < 4.78 is 5.62. The molecule has 1 aromatic carbocycles. The number of nitro groups is 1. The average Bonchev–Trinajstić information content (AvgIpc) is 2.94. The van der Waals surface area contributed by atoms with Crippen molar-refractivity contribution >= 4 is 17.6 Å². The predicted molar refractivity (Wildman–Crippen MR) is 85.2 cm³/mol. The maximum Gasteiger partial charge on any atom is 0.335 e. The molecule has 2 rings (SSSR count). The topological polar surface area (TPSA) is 110 Å². The van der Waals surface area contributed by atoms with Gasteiger partial charge in [-0.05, 0) is 31.9 Å². The minimum Gasteiger partial charge on any atom is -0.484 e. The van der Waals surface area contributed by atoms with Gasteiger partial charge in [-0.25, -0.2) is 4.79 Å². The van der Waals surface area contributed by atoms with Crippen molar-refractivity contribution in [2.24, 2.45) is 0 Å². The second kappa shape index (κ2) is 6.86. The highest BCUT2D eigenvalue weighted by atomic mass is 16.6. The van der Waals surface area contributed by atoms with Crippen LogP contribution in [-0.2, 0) is 4.79 Å². The molecule has 1 aliphatic rings. The standard InChI is InChI=1S/C16H20N2O6/c1-3-14(19)17-8-4-7-16(17,2)10-24-13-6-5-11(15(20)21)9-12(13)18(22)23/h5-6,9H,3-4,7-8,10H2,1-2H3,(H,20,21). The lowest BCUT2D eigenvalue weighted by Crippen LogP contribution is -2.48. The fourth-order valence-corrected chi connectivity index (χ4v) is 2.94. The lowest BCUT2D eigenvalue weighted by molar-refractivity contribution is -0.386. The third-order valence-corrected chi connectivity index (χ3v) is 4.29. The molecule has 24 heavy (non-hydrogen) atoms. The predicted octanol–water partition coefficient (Wildman–Crippen LogP) is 2.46. The summed E-state index contributed by atoms with van der Waals surface area (Å²) in [6, 6.07) is 3.52. The Morgan fingerprint density at radius 2 is 2.17 bits per heavy atom. The van der Waals surface area contributed by atoms with E-state index in [4.69, 9.17) is 9.84 Å². The van der Waals surface area contributed by atoms with Crippen molar-refractivity contribution in [2.75, 3.05) is 13.2 Å². The molecule has 0 aliphatic carbocycles. The van der Waals surface area contributed by atoms with Gasteiger partial charge in [-0.2, -0.15) is 0 Å². The zero-order valence-corrected chi connectivity index (χ0v) is 13.7. The van der Waals surface area contributed by atoms with E-state index >= 15 is 0 Å². The summed E-state index contributed by atoms with van der Waals surface area (Å²) >= 11 is 0. The minimum absolute atomic E-state index is 0.00187. The molecule has 8 nitrogen and oxygen atoms in total. The van der Waals surface area contributed by atoms with Crippen LogP contribution in [0.5, 0.6) is 5.75 Å². The summed E-state index contributed by atoms with van der Waals surface area (Å²) in [7, 11) is 0. The first-order chi connectivity index (χ1) is 11.3. The molecule has 0 aromatic heterocycles. The molecule has 1 fully saturated rings. The third kappa shape index (κ3) is 3.47. The Kier molecular flexibility index (Phi) is 5.06. The molecule has 0 saturated carbocycles. The third-order valence-electron chi connectivity index (χ3n) is 4.29. The van der Waals surface area contributed by atoms with Crippen molar-refractivity contribution in [3.63, 3.8) is 0 Å². The number of hydrogen-bond acceptors (Lipinski definition) is 5. The Hall–Kier alpha value is -2.64. The molecule has 1 heterocycles. The van der Waals surface area contributed by atoms with E-state index in [0.29, 0.717) is 13.0 Å². The van der Waals surface area contributed by atoms with E-state index in [-0.39, 0.29) is 23.8 Å². The van der Waals surface area contributed by atoms with Crippen LogP contribution in [-0.4, -0.2) is 45.5 Å². The summed E-state index contributed by atoms with van der Waals surface area (Å²) in [5.41, 5.74) is -1.10. The number of carboxylic acids is 1. The highest BCUT2D eigenvalue weighted by molar-refractivity contribution is 5.88. The highest BCUT2D eigenvalue weighted by Gasteiger charge is 2.40. The molecule has 1 saturated heterocycles. The zero-order valence-electron chi connectivity index (χ0n) is 13.7. The van der Waals surface area contributed by atoms with Crippen LogP contribution < -0.4 is 4.74 Å². The number of nitro benzene ring substituents is 1. The summed E-state index contributed by atoms with van der Waals surface area (Å²) in [6.07, 6.45) is 1.99. The lowest BCUT2D eigenvalue weighted by atomic mass is 10.00. The van der Waals surface area contributed by atoms with Gasteiger partial charge in [0.2, 0.25) is 5.91 Å². The van der Waals surface area contributed by atoms with Crippen LogP contribution in [0, 0.1) is 10.1 Å². The lowest BCUT2D eigenvalue weighted by Gasteiger charge is -2.34. The molecule has 0 bridgehead atoms. The maximum absolute atomic E-state index is 12.0. The SMILES string of the molecule is CCC(=O)N1CCCC1(C)COc1ccc(C(=O)O)cc1[N+](=O)[O-]. The van der Waals surface area contributed by atoms with E-state index in [1.54, 1.807) is 11.8 Å². The number of rotatable bonds is 6. The van der Waals surface area contributed by atoms with Crippen LogP contribution in [0.2, 0.25) is 0 Å². The fourth-order valence-electron chi connectivity index (χ4n) is 2.94. The van der Waals surface area contributed by atoms with Crippen LogP contribution in [0.3, 0.4) is 0 Å². The molecule has 0 radical (unpaired) electrons. The summed E-state index contributed by atoms with van der Waals surface area (Å²) in [5.74, 6) is -1.22. The number of nitrogens with zero attached hydrogens (tertiary/aromatic N) is 2. The smallest absolute Gasteiger partial charge is 0.335 e. The second-order valence-electron chi connectivity index (χ2n) is 6.03. The Balaban J connectivity index is 2.20. The number of benzene rings is 1. The van der Waals surface area contributed by atoms with Crippen LogP contribution in [0.1, 0.15) is 43.5 Å². The van der Waals surface area contributed by atoms with Crippen molar-refractivity contribution in [3.8, 4) is 5.75 Å². The van der Waals surface area contributed by atoms with Gasteiger partial charge >= 0.3 is 11.7 Å². The van der Waals surface area contributed by atoms with Crippen molar-refractivity contribution in [2.45, 2.75) is 38.6 Å². The van der Waals surface area contributed by atoms with Gasteiger partial charge in [0.05, 0.1) is 16.0 Å². The number of amides is 1. The molecule has 8 heteroatoms. The second-order valence-corrected chi connectivity index (χ2v) is 6.03. The molecule has 130 valence electrons. The number of hydrogen-bond donors (Lipinski definition) is 1. The van der Waals surface area contributed by atoms with E-state index in [9.17, 15) is 19.7 Å². The van der Waals surface area contributed by atoms with E-state index in [1.807, 2.05) is 6.92 Å². The molecule has 1 aromatic rings. The Labute approximate surface area is 139 Å². The van der Waals surface area contributed by atoms with Crippen LogP contribution in [0.25, 0.3) is 0 Å². The van der Waals surface area contributed by atoms with Gasteiger partial charge < -0.3 is 14.7 Å². The molecule has 0 spiro atoms. The van der Waals surface area contributed by atoms with Gasteiger partial charge in [-0.15, -0.1) is 0 Å². The average molecular weight is 336 g/mol. The first-order valence-electron chi connectivity index (χ1n) is 7.73. The Bertz CT molecular complexity index is 675. The first-order valence-corrected chi connectivity index (χ1v) is 7.73. The van der Waals surface area contributed by atoms with Gasteiger partial charge in [0.15, 0.2) is 5.75 Å². The Morgan fingerprint density at radius 3 is 2.75 bits per heavy atom. The maximum atomic E-state index is 12.0. The van der Waals surface area contributed by atoms with Crippen LogP contribution >= 0.6 is 0 Å². The van der Waals surface area contributed by atoms with E-state index < -0.39 is 22.1 Å². The minimum atomic E-state index is -1.24. The summed E-state index contributed by atoms with van der Waals surface area (Å²) in [4.78, 5) is 35.2. The number of aromatic carboxylic acids is 1. The number of carbonyl (C=O) groups is 2. The van der Waals surface area contributed by atoms with E-state index in [2.05, 4.69) is 0 Å². The number of carbonyl (C=O) groups excluding carboxylic acids is 1. The van der Waals surface area contributed by atoms with Crippen molar-refractivity contribution < 1.29 is 24.4 Å². The van der Waals surface area contributed by atoms with Gasteiger partial charge in [0.1, 0.15) is 6.61 Å². The summed E-state index contributed by atoms with van der Waals surface area (Å²) in [6.45, 7) is 4.45. The van der Waals surface area contributed by atoms with Gasteiger partial charge in [0, 0.05) is 19.0 Å². The van der Waals surface area contributed by atoms with Crippen LogP contribution in [0.15, 0.2) is 18.2 Å². The number of ether oxygens (including phenoxy) is 1. The molecule has 1 N–H and O–H groups in total. The van der Waals surface area contributed by atoms with Crippen molar-refractivity contribution in [1.29, 1.82) is 0 Å². The molecule has 1 aliphatic heterocycles. The van der Waals surface area contributed by atoms with Crippen LogP contribution in [0.4, 0.5) is 5.69 Å². The van der Waals surface area contributed by atoms with Crippen molar-refractivity contribution in [3.05, 3.63) is 33.9 Å². The van der Waals surface area contributed by atoms with Crippen molar-refractivity contribution in [1.82, 2.24) is 4.90 Å². The number of likely N-dealkylation sites (tertiary alicyclic amines) is 1. The van der Waals surface area contributed by atoms with Gasteiger partial charge in [0.25, 0.3) is 0 Å². The first kappa shape index (κ1) is 17.7. The number of carboxylic acid groups (broad SMARTS) is 1. The molecular formula is C16H20N2O6. The largest absolute Gasteiger partial charge is 0.484 e. The van der Waals surface area contributed by atoms with Gasteiger partial charge in [-0.1, -0.05) is 6.92 Å². The normalized spacial score (nSPS) is 20.0. The molecule has 1 amide bonds. The van der Waals surface area contributed by atoms with E-state index in [1.165, 1.54) is 12.1 Å². The van der Waals surface area contributed by atoms with E-state index in [0.717, 1.165) is 18.9 Å². The molecular weight excluding hydrogens is 316 g/mol. The zero-order chi connectivity index (χ0) is 17.9. The molecule has 1 unspecified atom stereocenters. The van der Waals surface area contributed by atoms with Gasteiger partial charge in [-0.3, -0.25) is 14.9 Å². The molecule has 1 atom stereocenters. The summed E-state index contributed by atoms with van der Waals surface area (Å²) in [5, 5.41) is 20.1. The highest BCUT2D eigenvalue weighted by Crippen LogP contribution is 2.33. The monoisotopic (exact) mass is 336 g/mol. The fraction of sp³-hybridized carbons (Fsp3) is 0.500.